The standard InChI is InChI=1S/C36H70N2.2C3H6O3/c1-7-9-11-13-15-17-19-21-23-25-30-37(3,4)33-35-28-27-29-36(32-35)34-38(5,6)31-26-24-22-20-18-16-14-12-10-8-2;2*1-2(4)3(5)6/h27-29,32H,7-26,30-31,33-34H2,1-6H3;2*2,4H,1H3,(H,5,6)/q+2;;/p-2. The van der Waals surface area contributed by atoms with E-state index in [2.05, 4.69) is 66.3 Å². The van der Waals surface area contributed by atoms with E-state index in [-0.39, 0.29) is 0 Å². The summed E-state index contributed by atoms with van der Waals surface area (Å²) in [4.78, 5) is 18.7. The summed E-state index contributed by atoms with van der Waals surface area (Å²) in [5, 5.41) is 34.6. The molecular weight excluding hydrogens is 628 g/mol. The largest absolute Gasteiger partial charge is 0.547 e. The lowest BCUT2D eigenvalue weighted by molar-refractivity contribution is -0.904. The minimum atomic E-state index is -1.44. The normalized spacial score (nSPS) is 12.7. The third-order valence-electron chi connectivity index (χ3n) is 9.13. The van der Waals surface area contributed by atoms with E-state index in [0.717, 1.165) is 35.9 Å². The van der Waals surface area contributed by atoms with Crippen LogP contribution in [-0.4, -0.2) is 84.6 Å². The van der Waals surface area contributed by atoms with Crippen molar-refractivity contribution in [3.63, 3.8) is 0 Å². The van der Waals surface area contributed by atoms with Crippen LogP contribution in [0.2, 0.25) is 0 Å². The molecule has 50 heavy (non-hydrogen) atoms. The number of hydrogen-bond acceptors (Lipinski definition) is 6. The van der Waals surface area contributed by atoms with Crippen molar-refractivity contribution in [3.05, 3.63) is 35.4 Å². The lowest BCUT2D eigenvalue weighted by Crippen LogP contribution is -2.40. The first kappa shape index (κ1) is 50.1. The highest BCUT2D eigenvalue weighted by Gasteiger charge is 2.18. The Balaban J connectivity index is 0. The molecule has 0 saturated heterocycles. The molecule has 0 saturated carbocycles. The minimum Gasteiger partial charge on any atom is -0.547 e. The Hall–Kier alpha value is -2.00. The van der Waals surface area contributed by atoms with Crippen LogP contribution in [0.1, 0.15) is 167 Å². The number of aliphatic hydroxyl groups excluding tert-OH is 2. The summed E-state index contributed by atoms with van der Waals surface area (Å²) in [7, 11) is 9.69. The van der Waals surface area contributed by atoms with Crippen LogP contribution < -0.4 is 10.2 Å². The first-order chi connectivity index (χ1) is 23.6. The van der Waals surface area contributed by atoms with Crippen molar-refractivity contribution >= 4 is 11.9 Å². The Bertz CT molecular complexity index is 877. The van der Waals surface area contributed by atoms with E-state index in [1.165, 1.54) is 153 Å². The molecule has 0 fully saturated rings. The summed E-state index contributed by atoms with van der Waals surface area (Å²) in [5.41, 5.74) is 3.03. The summed E-state index contributed by atoms with van der Waals surface area (Å²) in [5.74, 6) is -2.87. The molecule has 8 heteroatoms. The van der Waals surface area contributed by atoms with Gasteiger partial charge in [-0.2, -0.15) is 0 Å². The Morgan fingerprint density at radius 1 is 0.540 bits per heavy atom. The maximum atomic E-state index is 9.34. The quantitative estimate of drug-likeness (QED) is 0.0721. The smallest absolute Gasteiger partial charge is 0.104 e. The number of benzene rings is 1. The van der Waals surface area contributed by atoms with Crippen LogP contribution in [-0.2, 0) is 22.7 Å². The van der Waals surface area contributed by atoms with Crippen LogP contribution >= 0.6 is 0 Å². The summed E-state index contributed by atoms with van der Waals surface area (Å²) in [6.07, 6.45) is 25.7. The van der Waals surface area contributed by atoms with Crippen LogP contribution in [0.4, 0.5) is 0 Å². The molecule has 1 aromatic carbocycles. The van der Waals surface area contributed by atoms with Crippen molar-refractivity contribution in [3.8, 4) is 0 Å². The number of quaternary nitrogens is 2. The summed E-state index contributed by atoms with van der Waals surface area (Å²) >= 11 is 0. The number of hydrogen-bond donors (Lipinski definition) is 2. The molecule has 8 nitrogen and oxygen atoms in total. The second kappa shape index (κ2) is 31.7. The SMILES string of the molecule is CC(O)C(=O)[O-].CC(O)C(=O)[O-].CCCCCCCCCCCC[N+](C)(C)Cc1cccc(C[N+](C)(C)CCCCCCCCCCCC)c1. The van der Waals surface area contributed by atoms with E-state index in [0.29, 0.717) is 0 Å². The molecule has 0 amide bonds. The second-order valence-corrected chi connectivity index (χ2v) is 15.8. The molecule has 0 radical (unpaired) electrons. The van der Waals surface area contributed by atoms with E-state index in [1.54, 1.807) is 0 Å². The Kier molecular flexibility index (Phi) is 31.8. The number of carbonyl (C=O) groups excluding carboxylic acids is 2. The topological polar surface area (TPSA) is 121 Å². The highest BCUT2D eigenvalue weighted by atomic mass is 16.4. The molecule has 1 rings (SSSR count). The zero-order valence-corrected chi connectivity index (χ0v) is 33.9. The second-order valence-electron chi connectivity index (χ2n) is 15.8. The Labute approximate surface area is 308 Å². The number of carboxylic acids is 2. The van der Waals surface area contributed by atoms with Crippen molar-refractivity contribution in [2.45, 2.75) is 181 Å². The third-order valence-corrected chi connectivity index (χ3v) is 9.13. The molecule has 2 unspecified atom stereocenters. The van der Waals surface area contributed by atoms with Gasteiger partial charge in [-0.3, -0.25) is 0 Å². The van der Waals surface area contributed by atoms with Gasteiger partial charge in [0.25, 0.3) is 0 Å². The predicted molar refractivity (Wildman–Crippen MR) is 205 cm³/mol. The number of nitrogens with zero attached hydrogens (tertiary/aromatic N) is 2. The van der Waals surface area contributed by atoms with Crippen LogP contribution in [0.25, 0.3) is 0 Å². The molecule has 0 heterocycles. The van der Waals surface area contributed by atoms with Gasteiger partial charge in [0, 0.05) is 11.1 Å². The van der Waals surface area contributed by atoms with Crippen molar-refractivity contribution in [2.75, 3.05) is 41.3 Å². The van der Waals surface area contributed by atoms with Crippen LogP contribution in [0.3, 0.4) is 0 Å². The van der Waals surface area contributed by atoms with E-state index in [1.807, 2.05) is 0 Å². The average Bonchev–Trinajstić information content (AvgIpc) is 3.03. The minimum absolute atomic E-state index is 1.11. The van der Waals surface area contributed by atoms with Gasteiger partial charge >= 0.3 is 0 Å². The van der Waals surface area contributed by atoms with Gasteiger partial charge in [-0.15, -0.1) is 0 Å². The Morgan fingerprint density at radius 2 is 0.780 bits per heavy atom. The molecule has 0 aliphatic heterocycles. The fourth-order valence-electron chi connectivity index (χ4n) is 6.03. The number of carbonyl (C=O) groups is 2. The van der Waals surface area contributed by atoms with E-state index in [4.69, 9.17) is 10.2 Å². The highest BCUT2D eigenvalue weighted by Crippen LogP contribution is 2.18. The monoisotopic (exact) mass is 709 g/mol. The van der Waals surface area contributed by atoms with Crippen LogP contribution in [0.15, 0.2) is 24.3 Å². The average molecular weight is 709 g/mol. The molecule has 2 atom stereocenters. The molecule has 0 aromatic heterocycles. The summed E-state index contributed by atoms with van der Waals surface area (Å²) in [6, 6.07) is 9.50. The third kappa shape index (κ3) is 34.4. The van der Waals surface area contributed by atoms with Gasteiger partial charge < -0.3 is 39.0 Å². The van der Waals surface area contributed by atoms with Gasteiger partial charge in [0.2, 0.25) is 0 Å². The molecule has 2 N–H and O–H groups in total. The maximum absolute atomic E-state index is 9.34. The van der Waals surface area contributed by atoms with Gasteiger partial charge in [-0.05, 0) is 45.6 Å². The number of aliphatic carboxylic acids is 2. The maximum Gasteiger partial charge on any atom is 0.104 e. The van der Waals surface area contributed by atoms with Crippen molar-refractivity contribution < 1.29 is 39.0 Å². The zero-order chi connectivity index (χ0) is 38.3. The fourth-order valence-corrected chi connectivity index (χ4v) is 6.03. The number of aliphatic hydroxyl groups is 2. The Morgan fingerprint density at radius 3 is 1.02 bits per heavy atom. The predicted octanol–water partition coefficient (Wildman–Crippen LogP) is 6.92. The molecule has 0 aliphatic rings. The van der Waals surface area contributed by atoms with E-state index in [9.17, 15) is 19.8 Å². The van der Waals surface area contributed by atoms with Gasteiger partial charge in [-0.25, -0.2) is 0 Å². The van der Waals surface area contributed by atoms with Crippen LogP contribution in [0, 0.1) is 0 Å². The molecule has 294 valence electrons. The van der Waals surface area contributed by atoms with Gasteiger partial charge in [0.05, 0.1) is 65.4 Å². The summed E-state index contributed by atoms with van der Waals surface area (Å²) in [6.45, 7) is 11.8. The highest BCUT2D eigenvalue weighted by molar-refractivity contribution is 5.69. The summed E-state index contributed by atoms with van der Waals surface area (Å²) < 4.78 is 2.22. The van der Waals surface area contributed by atoms with Gasteiger partial charge in [0.15, 0.2) is 0 Å². The van der Waals surface area contributed by atoms with Crippen molar-refractivity contribution in [1.82, 2.24) is 0 Å². The van der Waals surface area contributed by atoms with Crippen LogP contribution in [0.5, 0.6) is 0 Å². The van der Waals surface area contributed by atoms with Gasteiger partial charge in [-0.1, -0.05) is 135 Å². The molecule has 0 aliphatic carbocycles. The first-order valence-corrected chi connectivity index (χ1v) is 20.1. The molecular formula is C42H80N2O6. The number of unbranched alkanes of at least 4 members (excludes halogenated alkanes) is 18. The molecule has 0 spiro atoms. The number of carboxylic acid groups (broad SMARTS) is 2. The van der Waals surface area contributed by atoms with Gasteiger partial charge in [0.1, 0.15) is 13.1 Å². The van der Waals surface area contributed by atoms with E-state index >= 15 is 0 Å². The molecule has 0 bridgehead atoms. The molecule has 1 aromatic rings. The van der Waals surface area contributed by atoms with Crippen molar-refractivity contribution in [1.29, 1.82) is 0 Å². The fraction of sp³-hybridized carbons (Fsp3) is 0.810. The lowest BCUT2D eigenvalue weighted by atomic mass is 10.1. The lowest BCUT2D eigenvalue weighted by Gasteiger charge is -2.31. The zero-order valence-electron chi connectivity index (χ0n) is 33.9. The van der Waals surface area contributed by atoms with Crippen molar-refractivity contribution in [2.24, 2.45) is 0 Å². The number of rotatable bonds is 28. The first-order valence-electron chi connectivity index (χ1n) is 20.1. The van der Waals surface area contributed by atoms with E-state index < -0.39 is 24.1 Å².